The predicted molar refractivity (Wildman–Crippen MR) is 131 cm³/mol. The second-order valence-electron chi connectivity index (χ2n) is 7.88. The summed E-state index contributed by atoms with van der Waals surface area (Å²) in [6.45, 7) is 6.52. The first-order chi connectivity index (χ1) is 16.2. The van der Waals surface area contributed by atoms with E-state index in [1.807, 2.05) is 20.8 Å². The van der Waals surface area contributed by atoms with E-state index in [0.717, 1.165) is 0 Å². The molecule has 182 valence electrons. The first kappa shape index (κ1) is 25.9. The van der Waals surface area contributed by atoms with Crippen LogP contribution in [0.25, 0.3) is 5.76 Å². The summed E-state index contributed by atoms with van der Waals surface area (Å²) in [5.74, 6) is -1.19. The van der Waals surface area contributed by atoms with Crippen LogP contribution in [0.15, 0.2) is 42.0 Å². The molecule has 1 fully saturated rings. The molecule has 1 amide bonds. The lowest BCUT2D eigenvalue weighted by Gasteiger charge is -2.26. The van der Waals surface area contributed by atoms with Crippen LogP contribution in [0.5, 0.6) is 11.5 Å². The van der Waals surface area contributed by atoms with Gasteiger partial charge in [-0.3, -0.25) is 9.59 Å². The first-order valence-corrected chi connectivity index (χ1v) is 11.6. The zero-order chi connectivity index (χ0) is 25.0. The Bertz CT molecular complexity index is 1100. The van der Waals surface area contributed by atoms with Crippen LogP contribution in [0.3, 0.4) is 0 Å². The standard InChI is InChI=1S/C25H27Cl2NO6/c1-5-33-17-8-6-15(7-9-17)21-20(23(30)25(31)28(21)10-11-34-14(2)3)22(29)18-12-16(26)13-19(27)24(18)32-4/h6-9,12-14,21,29H,5,10-11H2,1-4H3/b22-20+. The maximum Gasteiger partial charge on any atom is 0.295 e. The summed E-state index contributed by atoms with van der Waals surface area (Å²) in [5, 5.41) is 11.7. The summed E-state index contributed by atoms with van der Waals surface area (Å²) >= 11 is 12.4. The molecule has 34 heavy (non-hydrogen) atoms. The Balaban J connectivity index is 2.16. The minimum Gasteiger partial charge on any atom is -0.507 e. The van der Waals surface area contributed by atoms with Gasteiger partial charge in [-0.05, 0) is 50.6 Å². The summed E-state index contributed by atoms with van der Waals surface area (Å²) < 4.78 is 16.5. The Labute approximate surface area is 208 Å². The number of Topliss-reactive ketones (excluding diaryl/α,β-unsaturated/α-hetero) is 1. The quantitative estimate of drug-likeness (QED) is 0.283. The number of ketones is 1. The van der Waals surface area contributed by atoms with E-state index in [2.05, 4.69) is 0 Å². The molecule has 1 aliphatic heterocycles. The van der Waals surface area contributed by atoms with Gasteiger partial charge in [0.15, 0.2) is 0 Å². The Morgan fingerprint density at radius 3 is 2.41 bits per heavy atom. The van der Waals surface area contributed by atoms with E-state index in [1.165, 1.54) is 24.1 Å². The van der Waals surface area contributed by atoms with E-state index in [4.69, 9.17) is 37.4 Å². The summed E-state index contributed by atoms with van der Waals surface area (Å²) in [6.07, 6.45) is -0.0430. The number of aliphatic hydroxyl groups is 1. The molecule has 0 aliphatic carbocycles. The highest BCUT2D eigenvalue weighted by Crippen LogP contribution is 2.43. The number of hydrogen-bond acceptors (Lipinski definition) is 6. The van der Waals surface area contributed by atoms with Crippen molar-refractivity contribution < 1.29 is 28.9 Å². The molecule has 0 bridgehead atoms. The zero-order valence-electron chi connectivity index (χ0n) is 19.4. The van der Waals surface area contributed by atoms with E-state index >= 15 is 0 Å². The minimum atomic E-state index is -0.853. The van der Waals surface area contributed by atoms with Gasteiger partial charge in [0.25, 0.3) is 11.7 Å². The third-order valence-corrected chi connectivity index (χ3v) is 5.80. The van der Waals surface area contributed by atoms with Gasteiger partial charge in [0.1, 0.15) is 17.3 Å². The number of amides is 1. The van der Waals surface area contributed by atoms with Crippen LogP contribution in [-0.2, 0) is 14.3 Å². The van der Waals surface area contributed by atoms with Crippen LogP contribution in [-0.4, -0.2) is 54.7 Å². The second kappa shape index (κ2) is 11.1. The molecule has 1 aliphatic rings. The third kappa shape index (κ3) is 5.32. The van der Waals surface area contributed by atoms with Crippen molar-refractivity contribution >= 4 is 40.7 Å². The fraction of sp³-hybridized carbons (Fsp3) is 0.360. The van der Waals surface area contributed by atoms with Crippen molar-refractivity contribution in [3.63, 3.8) is 0 Å². The lowest BCUT2D eigenvalue weighted by atomic mass is 9.95. The van der Waals surface area contributed by atoms with Crippen molar-refractivity contribution in [2.45, 2.75) is 32.9 Å². The number of carbonyl (C=O) groups excluding carboxylic acids is 2. The Kier molecular flexibility index (Phi) is 8.47. The maximum atomic E-state index is 13.2. The highest BCUT2D eigenvalue weighted by Gasteiger charge is 2.46. The smallest absolute Gasteiger partial charge is 0.295 e. The van der Waals surface area contributed by atoms with E-state index in [1.54, 1.807) is 24.3 Å². The van der Waals surface area contributed by atoms with Crippen molar-refractivity contribution in [2.75, 3.05) is 26.9 Å². The molecule has 1 saturated heterocycles. The molecule has 1 atom stereocenters. The van der Waals surface area contributed by atoms with Crippen LogP contribution in [0, 0.1) is 0 Å². The Morgan fingerprint density at radius 1 is 1.15 bits per heavy atom. The van der Waals surface area contributed by atoms with Gasteiger partial charge in [0.05, 0.1) is 48.6 Å². The molecular formula is C25H27Cl2NO6. The van der Waals surface area contributed by atoms with Crippen molar-refractivity contribution in [2.24, 2.45) is 0 Å². The van der Waals surface area contributed by atoms with Crippen LogP contribution in [0.1, 0.15) is 37.9 Å². The molecule has 2 aromatic rings. The van der Waals surface area contributed by atoms with Crippen LogP contribution in [0.2, 0.25) is 10.0 Å². The van der Waals surface area contributed by atoms with Crippen molar-refractivity contribution in [3.8, 4) is 11.5 Å². The predicted octanol–water partition coefficient (Wildman–Crippen LogP) is 5.25. The molecule has 1 unspecified atom stereocenters. The molecule has 1 N–H and O–H groups in total. The number of ether oxygens (including phenoxy) is 3. The van der Waals surface area contributed by atoms with E-state index < -0.39 is 23.5 Å². The van der Waals surface area contributed by atoms with Crippen LogP contribution < -0.4 is 9.47 Å². The molecule has 2 aromatic carbocycles. The summed E-state index contributed by atoms with van der Waals surface area (Å²) in [7, 11) is 1.39. The fourth-order valence-corrected chi connectivity index (χ4v) is 4.42. The molecule has 7 nitrogen and oxygen atoms in total. The SMILES string of the molecule is CCOc1ccc(C2/C(=C(\O)c3cc(Cl)cc(Cl)c3OC)C(=O)C(=O)N2CCOC(C)C)cc1. The van der Waals surface area contributed by atoms with Crippen molar-refractivity contribution in [1.29, 1.82) is 0 Å². The average Bonchev–Trinajstić information content (AvgIpc) is 3.03. The van der Waals surface area contributed by atoms with Gasteiger partial charge in [0.2, 0.25) is 0 Å². The van der Waals surface area contributed by atoms with Gasteiger partial charge in [0, 0.05) is 11.6 Å². The van der Waals surface area contributed by atoms with Gasteiger partial charge >= 0.3 is 0 Å². The lowest BCUT2D eigenvalue weighted by molar-refractivity contribution is -0.140. The van der Waals surface area contributed by atoms with Gasteiger partial charge in [-0.25, -0.2) is 0 Å². The number of benzene rings is 2. The highest BCUT2D eigenvalue weighted by atomic mass is 35.5. The van der Waals surface area contributed by atoms with Crippen LogP contribution in [0.4, 0.5) is 0 Å². The zero-order valence-corrected chi connectivity index (χ0v) is 20.9. The fourth-order valence-electron chi connectivity index (χ4n) is 3.85. The molecule has 3 rings (SSSR count). The van der Waals surface area contributed by atoms with Crippen molar-refractivity contribution in [3.05, 3.63) is 63.1 Å². The molecule has 1 heterocycles. The number of likely N-dealkylation sites (tertiary alicyclic amines) is 1. The van der Waals surface area contributed by atoms with Gasteiger partial charge < -0.3 is 24.2 Å². The molecule has 0 saturated carbocycles. The number of aliphatic hydroxyl groups excluding tert-OH is 1. The van der Waals surface area contributed by atoms with Gasteiger partial charge in [-0.2, -0.15) is 0 Å². The number of halogens is 2. The van der Waals surface area contributed by atoms with Crippen LogP contribution >= 0.6 is 23.2 Å². The molecule has 0 aromatic heterocycles. The van der Waals surface area contributed by atoms with E-state index in [9.17, 15) is 14.7 Å². The monoisotopic (exact) mass is 507 g/mol. The van der Waals surface area contributed by atoms with Gasteiger partial charge in [-0.15, -0.1) is 0 Å². The maximum absolute atomic E-state index is 13.2. The molecule has 0 radical (unpaired) electrons. The number of nitrogens with zero attached hydrogens (tertiary/aromatic N) is 1. The van der Waals surface area contributed by atoms with E-state index in [0.29, 0.717) is 17.9 Å². The minimum absolute atomic E-state index is 0.0430. The first-order valence-electron chi connectivity index (χ1n) is 10.9. The Morgan fingerprint density at radius 2 is 1.82 bits per heavy atom. The molecule has 9 heteroatoms. The number of hydrogen-bond donors (Lipinski definition) is 1. The van der Waals surface area contributed by atoms with E-state index in [-0.39, 0.29) is 46.2 Å². The second-order valence-corrected chi connectivity index (χ2v) is 8.73. The largest absolute Gasteiger partial charge is 0.507 e. The number of carbonyl (C=O) groups is 2. The summed E-state index contributed by atoms with van der Waals surface area (Å²) in [5.41, 5.74) is 0.656. The Hall–Kier alpha value is -2.74. The normalized spacial score (nSPS) is 17.5. The summed E-state index contributed by atoms with van der Waals surface area (Å²) in [4.78, 5) is 27.6. The summed E-state index contributed by atoms with van der Waals surface area (Å²) in [6, 6.07) is 9.06. The lowest BCUT2D eigenvalue weighted by Crippen LogP contribution is -2.33. The number of methoxy groups -OCH3 is 1. The highest BCUT2D eigenvalue weighted by molar-refractivity contribution is 6.46. The molecular weight excluding hydrogens is 481 g/mol. The number of rotatable bonds is 9. The van der Waals surface area contributed by atoms with Gasteiger partial charge in [-0.1, -0.05) is 35.3 Å². The topological polar surface area (TPSA) is 85.3 Å². The molecule has 0 spiro atoms. The average molecular weight is 508 g/mol. The van der Waals surface area contributed by atoms with Crippen molar-refractivity contribution in [1.82, 2.24) is 4.90 Å². The third-order valence-electron chi connectivity index (χ3n) is 5.30.